The number of nitrogens with one attached hydrogen (secondary N) is 1. The summed E-state index contributed by atoms with van der Waals surface area (Å²) in [6, 6.07) is 0. The second-order valence-corrected chi connectivity index (χ2v) is 5.47. The molecular weight excluding hydrogens is 234 g/mol. The van der Waals surface area contributed by atoms with Crippen LogP contribution in [0.4, 0.5) is 0 Å². The van der Waals surface area contributed by atoms with E-state index in [2.05, 4.69) is 5.32 Å². The molecule has 0 fully saturated rings. The fraction of sp³-hybridized carbons (Fsp3) is 0.846. The first-order valence-corrected chi connectivity index (χ1v) is 6.44. The Labute approximate surface area is 109 Å². The summed E-state index contributed by atoms with van der Waals surface area (Å²) in [4.78, 5) is 21.7. The maximum absolute atomic E-state index is 11.5. The molecule has 0 spiro atoms. The van der Waals surface area contributed by atoms with Crippen LogP contribution in [0.1, 0.15) is 52.9 Å². The number of carbonyl (C=O) groups is 2. The van der Waals surface area contributed by atoms with Crippen molar-refractivity contribution in [3.8, 4) is 0 Å². The van der Waals surface area contributed by atoms with Crippen LogP contribution >= 0.6 is 0 Å². The molecule has 0 radical (unpaired) electrons. The summed E-state index contributed by atoms with van der Waals surface area (Å²) < 4.78 is 0. The first kappa shape index (κ1) is 16.9. The van der Waals surface area contributed by atoms with Gasteiger partial charge in [-0.05, 0) is 32.1 Å². The largest absolute Gasteiger partial charge is 0.481 e. The third-order valence-corrected chi connectivity index (χ3v) is 2.56. The normalized spacial score (nSPS) is 14.3. The topological polar surface area (TPSA) is 86.6 Å². The third kappa shape index (κ3) is 10.1. The molecule has 0 aliphatic heterocycles. The van der Waals surface area contributed by atoms with E-state index in [1.165, 1.54) is 0 Å². The highest BCUT2D eigenvalue weighted by Crippen LogP contribution is 2.15. The van der Waals surface area contributed by atoms with E-state index in [4.69, 9.17) is 5.11 Å². The molecule has 1 atom stereocenters. The Morgan fingerprint density at radius 1 is 1.22 bits per heavy atom. The van der Waals surface area contributed by atoms with Crippen LogP contribution in [0, 0.1) is 5.92 Å². The van der Waals surface area contributed by atoms with E-state index < -0.39 is 11.6 Å². The van der Waals surface area contributed by atoms with Gasteiger partial charge in [0.1, 0.15) is 0 Å². The summed E-state index contributed by atoms with van der Waals surface area (Å²) >= 11 is 0. The van der Waals surface area contributed by atoms with E-state index in [9.17, 15) is 14.7 Å². The second-order valence-electron chi connectivity index (χ2n) is 5.47. The van der Waals surface area contributed by atoms with Crippen LogP contribution in [-0.4, -0.2) is 34.2 Å². The van der Waals surface area contributed by atoms with Gasteiger partial charge in [-0.2, -0.15) is 0 Å². The van der Waals surface area contributed by atoms with Crippen molar-refractivity contribution in [2.75, 3.05) is 6.54 Å². The number of rotatable bonds is 9. The summed E-state index contributed by atoms with van der Waals surface area (Å²) in [6.07, 6.45) is 2.10. The number of hydrogen-bond acceptors (Lipinski definition) is 3. The van der Waals surface area contributed by atoms with E-state index in [0.29, 0.717) is 31.6 Å². The van der Waals surface area contributed by atoms with Gasteiger partial charge in [0.25, 0.3) is 0 Å². The molecule has 0 rings (SSSR count). The van der Waals surface area contributed by atoms with Crippen molar-refractivity contribution in [3.63, 3.8) is 0 Å². The van der Waals surface area contributed by atoms with E-state index >= 15 is 0 Å². The minimum Gasteiger partial charge on any atom is -0.481 e. The standard InChI is InChI=1S/C13H25NO4/c1-10(2)8-13(3,18)9-14-11(15)6-4-5-7-12(16)17/h10,18H,4-9H2,1-3H3,(H,14,15)(H,16,17). The summed E-state index contributed by atoms with van der Waals surface area (Å²) in [7, 11) is 0. The van der Waals surface area contributed by atoms with Gasteiger partial charge in [0.05, 0.1) is 5.60 Å². The quantitative estimate of drug-likeness (QED) is 0.548. The molecule has 5 nitrogen and oxygen atoms in total. The first-order valence-electron chi connectivity index (χ1n) is 6.44. The van der Waals surface area contributed by atoms with Gasteiger partial charge in [-0.25, -0.2) is 0 Å². The Balaban J connectivity index is 3.72. The minimum atomic E-state index is -0.884. The highest BCUT2D eigenvalue weighted by Gasteiger charge is 2.22. The molecule has 0 aliphatic rings. The van der Waals surface area contributed by atoms with Crippen LogP contribution in [0.2, 0.25) is 0 Å². The minimum absolute atomic E-state index is 0.0956. The first-order chi connectivity index (χ1) is 8.23. The summed E-state index contributed by atoms with van der Waals surface area (Å²) in [6.45, 7) is 5.98. The molecular formula is C13H25NO4. The Bertz CT molecular complexity index is 274. The van der Waals surface area contributed by atoms with Crippen LogP contribution in [0.15, 0.2) is 0 Å². The maximum Gasteiger partial charge on any atom is 0.303 e. The Hall–Kier alpha value is -1.10. The molecule has 106 valence electrons. The lowest BCUT2D eigenvalue weighted by Gasteiger charge is -2.25. The van der Waals surface area contributed by atoms with Crippen LogP contribution in [0.3, 0.4) is 0 Å². The van der Waals surface area contributed by atoms with Gasteiger partial charge in [0.15, 0.2) is 0 Å². The van der Waals surface area contributed by atoms with E-state index in [-0.39, 0.29) is 18.9 Å². The molecule has 0 aliphatic carbocycles. The lowest BCUT2D eigenvalue weighted by Crippen LogP contribution is -2.41. The van der Waals surface area contributed by atoms with Gasteiger partial charge in [-0.3, -0.25) is 9.59 Å². The Morgan fingerprint density at radius 2 is 1.78 bits per heavy atom. The zero-order chi connectivity index (χ0) is 14.2. The molecule has 3 N–H and O–H groups in total. The summed E-state index contributed by atoms with van der Waals surface area (Å²) in [5.41, 5.74) is -0.884. The van der Waals surface area contributed by atoms with Crippen molar-refractivity contribution >= 4 is 11.9 Å². The molecule has 1 unspecified atom stereocenters. The van der Waals surface area contributed by atoms with Crippen LogP contribution in [0.5, 0.6) is 0 Å². The average Bonchev–Trinajstić information content (AvgIpc) is 2.19. The smallest absolute Gasteiger partial charge is 0.303 e. The zero-order valence-electron chi connectivity index (χ0n) is 11.5. The average molecular weight is 259 g/mol. The monoisotopic (exact) mass is 259 g/mol. The summed E-state index contributed by atoms with van der Waals surface area (Å²) in [5, 5.41) is 21.1. The number of carboxylic acids is 1. The molecule has 5 heteroatoms. The van der Waals surface area contributed by atoms with Crippen molar-refractivity contribution < 1.29 is 19.8 Å². The molecule has 0 bridgehead atoms. The Kier molecular flexibility index (Phi) is 7.59. The summed E-state index contributed by atoms with van der Waals surface area (Å²) in [5.74, 6) is -0.604. The number of amides is 1. The second kappa shape index (κ2) is 8.08. The molecule has 18 heavy (non-hydrogen) atoms. The van der Waals surface area contributed by atoms with Gasteiger partial charge >= 0.3 is 5.97 Å². The third-order valence-electron chi connectivity index (χ3n) is 2.56. The van der Waals surface area contributed by atoms with Crippen LogP contribution < -0.4 is 5.32 Å². The molecule has 1 amide bonds. The van der Waals surface area contributed by atoms with Crippen molar-refractivity contribution in [1.82, 2.24) is 5.32 Å². The van der Waals surface area contributed by atoms with Crippen molar-refractivity contribution in [2.24, 2.45) is 5.92 Å². The lowest BCUT2D eigenvalue weighted by atomic mass is 9.94. The van der Waals surface area contributed by atoms with Gasteiger partial charge in [0, 0.05) is 19.4 Å². The molecule has 0 saturated carbocycles. The van der Waals surface area contributed by atoms with E-state index in [0.717, 1.165) is 0 Å². The van der Waals surface area contributed by atoms with Crippen LogP contribution in [-0.2, 0) is 9.59 Å². The lowest BCUT2D eigenvalue weighted by molar-refractivity contribution is -0.137. The fourth-order valence-corrected chi connectivity index (χ4v) is 1.89. The van der Waals surface area contributed by atoms with Gasteiger partial charge in [-0.1, -0.05) is 13.8 Å². The predicted octanol–water partition coefficient (Wildman–Crippen LogP) is 1.54. The van der Waals surface area contributed by atoms with Gasteiger partial charge in [0.2, 0.25) is 5.91 Å². The van der Waals surface area contributed by atoms with Gasteiger partial charge < -0.3 is 15.5 Å². The van der Waals surface area contributed by atoms with E-state index in [1.807, 2.05) is 13.8 Å². The molecule has 0 heterocycles. The molecule has 0 aromatic heterocycles. The number of aliphatic carboxylic acids is 1. The van der Waals surface area contributed by atoms with Crippen molar-refractivity contribution in [3.05, 3.63) is 0 Å². The van der Waals surface area contributed by atoms with Crippen molar-refractivity contribution in [2.45, 2.75) is 58.5 Å². The maximum atomic E-state index is 11.5. The highest BCUT2D eigenvalue weighted by atomic mass is 16.4. The SMILES string of the molecule is CC(C)CC(C)(O)CNC(=O)CCCCC(=O)O. The molecule has 0 saturated heterocycles. The molecule has 0 aromatic carbocycles. The fourth-order valence-electron chi connectivity index (χ4n) is 1.89. The van der Waals surface area contributed by atoms with Crippen LogP contribution in [0.25, 0.3) is 0 Å². The molecule has 0 aromatic rings. The number of carbonyl (C=O) groups excluding carboxylic acids is 1. The number of hydrogen-bond donors (Lipinski definition) is 3. The number of unbranched alkanes of at least 4 members (excludes halogenated alkanes) is 1. The Morgan fingerprint density at radius 3 is 2.28 bits per heavy atom. The van der Waals surface area contributed by atoms with E-state index in [1.54, 1.807) is 6.92 Å². The predicted molar refractivity (Wildman–Crippen MR) is 69.2 cm³/mol. The highest BCUT2D eigenvalue weighted by molar-refractivity contribution is 5.76. The number of carboxylic acid groups (broad SMARTS) is 1. The van der Waals surface area contributed by atoms with Gasteiger partial charge in [-0.15, -0.1) is 0 Å². The zero-order valence-corrected chi connectivity index (χ0v) is 11.5. The van der Waals surface area contributed by atoms with Crippen molar-refractivity contribution in [1.29, 1.82) is 0 Å². The number of aliphatic hydroxyl groups is 1.